The van der Waals surface area contributed by atoms with E-state index in [9.17, 15) is 0 Å². The molecule has 0 amide bonds. The number of nitrogens with zero attached hydrogens (tertiary/aromatic N) is 2. The Morgan fingerprint density at radius 1 is 0.733 bits per heavy atom. The molecule has 3 aromatic carbocycles. The molecule has 1 unspecified atom stereocenters. The van der Waals surface area contributed by atoms with Crippen molar-refractivity contribution in [3.05, 3.63) is 96.1 Å². The number of nitrogens with two attached hydrogens (primary N) is 1. The summed E-state index contributed by atoms with van der Waals surface area (Å²) in [5, 5.41) is 0. The first-order chi connectivity index (χ1) is 14.8. The second-order valence-electron chi connectivity index (χ2n) is 8.01. The average molecular weight is 402 g/mol. The molecule has 0 radical (unpaired) electrons. The summed E-state index contributed by atoms with van der Waals surface area (Å²) in [6, 6.07) is 29.4. The summed E-state index contributed by atoms with van der Waals surface area (Å²) in [6.07, 6.45) is 0.887. The van der Waals surface area contributed by atoms with E-state index in [0.29, 0.717) is 6.61 Å². The summed E-state index contributed by atoms with van der Waals surface area (Å²) < 4.78 is 5.88. The zero-order valence-corrected chi connectivity index (χ0v) is 17.5. The number of para-hydroxylation sites is 1. The van der Waals surface area contributed by atoms with Crippen LogP contribution in [0.4, 0.5) is 5.69 Å². The van der Waals surface area contributed by atoms with Gasteiger partial charge in [0, 0.05) is 44.5 Å². The van der Waals surface area contributed by atoms with E-state index in [1.165, 1.54) is 16.8 Å². The van der Waals surface area contributed by atoms with Gasteiger partial charge in [-0.3, -0.25) is 4.90 Å². The molecule has 0 saturated carbocycles. The number of benzene rings is 3. The minimum Gasteiger partial charge on any atom is -0.489 e. The average Bonchev–Trinajstić information content (AvgIpc) is 2.80. The van der Waals surface area contributed by atoms with Crippen LogP contribution in [-0.4, -0.2) is 43.7 Å². The van der Waals surface area contributed by atoms with Crippen LogP contribution < -0.4 is 15.4 Å². The number of hydrogen-bond acceptors (Lipinski definition) is 4. The molecule has 4 nitrogen and oxygen atoms in total. The zero-order chi connectivity index (χ0) is 20.6. The van der Waals surface area contributed by atoms with Gasteiger partial charge in [0.1, 0.15) is 12.4 Å². The largest absolute Gasteiger partial charge is 0.489 e. The lowest BCUT2D eigenvalue weighted by atomic mass is 10.1. The molecule has 0 aromatic heterocycles. The van der Waals surface area contributed by atoms with Crippen LogP contribution in [0.2, 0.25) is 0 Å². The molecule has 1 aliphatic heterocycles. The van der Waals surface area contributed by atoms with Gasteiger partial charge in [-0.2, -0.15) is 0 Å². The Bertz CT molecular complexity index is 875. The Morgan fingerprint density at radius 3 is 2.03 bits per heavy atom. The molecule has 0 aliphatic carbocycles. The first-order valence-electron chi connectivity index (χ1n) is 10.8. The molecule has 2 N–H and O–H groups in total. The molecule has 1 fully saturated rings. The van der Waals surface area contributed by atoms with Crippen molar-refractivity contribution >= 4 is 5.69 Å². The lowest BCUT2D eigenvalue weighted by Crippen LogP contribution is -2.50. The maximum Gasteiger partial charge on any atom is 0.119 e. The summed E-state index contributed by atoms with van der Waals surface area (Å²) in [6.45, 7) is 5.78. The minimum absolute atomic E-state index is 0.143. The van der Waals surface area contributed by atoms with Crippen LogP contribution in [0.1, 0.15) is 11.1 Å². The third kappa shape index (κ3) is 5.85. The van der Waals surface area contributed by atoms with E-state index >= 15 is 0 Å². The molecular formula is C26H31N3O. The Labute approximate surface area is 179 Å². The molecule has 1 saturated heterocycles. The fraction of sp³-hybridized carbons (Fsp3) is 0.308. The van der Waals surface area contributed by atoms with Crippen molar-refractivity contribution in [3.8, 4) is 5.75 Å². The minimum atomic E-state index is 0.143. The molecule has 4 heteroatoms. The number of anilines is 1. The van der Waals surface area contributed by atoms with Gasteiger partial charge in [-0.15, -0.1) is 0 Å². The molecule has 1 heterocycles. The van der Waals surface area contributed by atoms with Crippen molar-refractivity contribution in [2.24, 2.45) is 5.73 Å². The summed E-state index contributed by atoms with van der Waals surface area (Å²) in [7, 11) is 0. The van der Waals surface area contributed by atoms with Gasteiger partial charge in [0.05, 0.1) is 0 Å². The van der Waals surface area contributed by atoms with Crippen molar-refractivity contribution < 1.29 is 4.74 Å². The van der Waals surface area contributed by atoms with E-state index in [2.05, 4.69) is 64.4 Å². The van der Waals surface area contributed by atoms with Crippen LogP contribution in [0.15, 0.2) is 84.9 Å². The zero-order valence-electron chi connectivity index (χ0n) is 17.5. The fourth-order valence-corrected chi connectivity index (χ4v) is 3.99. The van der Waals surface area contributed by atoms with Crippen molar-refractivity contribution in [2.75, 3.05) is 37.6 Å². The summed E-state index contributed by atoms with van der Waals surface area (Å²) in [5.74, 6) is 0.896. The van der Waals surface area contributed by atoms with Crippen LogP contribution in [0, 0.1) is 0 Å². The highest BCUT2D eigenvalue weighted by Gasteiger charge is 2.19. The smallest absolute Gasteiger partial charge is 0.119 e. The number of rotatable bonds is 8. The maximum atomic E-state index is 6.47. The van der Waals surface area contributed by atoms with E-state index in [4.69, 9.17) is 10.5 Å². The number of piperazine rings is 1. The lowest BCUT2D eigenvalue weighted by Gasteiger charge is -2.37. The lowest BCUT2D eigenvalue weighted by molar-refractivity contribution is 0.242. The molecular weight excluding hydrogens is 370 g/mol. The standard InChI is InChI=1S/C26H31N3O/c27-24(20-28-15-17-29(18-16-28)25-9-5-2-6-10-25)19-22-11-13-26(14-12-22)30-21-23-7-3-1-4-8-23/h1-14,24H,15-21,27H2. The van der Waals surface area contributed by atoms with Gasteiger partial charge >= 0.3 is 0 Å². The monoisotopic (exact) mass is 401 g/mol. The van der Waals surface area contributed by atoms with E-state index in [-0.39, 0.29) is 6.04 Å². The van der Waals surface area contributed by atoms with Crippen LogP contribution in [0.25, 0.3) is 0 Å². The summed E-state index contributed by atoms with van der Waals surface area (Å²) >= 11 is 0. The Balaban J connectivity index is 1.20. The Morgan fingerprint density at radius 2 is 1.37 bits per heavy atom. The van der Waals surface area contributed by atoms with Crippen molar-refractivity contribution in [3.63, 3.8) is 0 Å². The summed E-state index contributed by atoms with van der Waals surface area (Å²) in [5.41, 5.74) is 10.2. The van der Waals surface area contributed by atoms with Crippen molar-refractivity contribution in [1.29, 1.82) is 0 Å². The van der Waals surface area contributed by atoms with E-state index in [1.807, 2.05) is 30.3 Å². The summed E-state index contributed by atoms with van der Waals surface area (Å²) in [4.78, 5) is 4.94. The Kier molecular flexibility index (Phi) is 7.01. The van der Waals surface area contributed by atoms with Gasteiger partial charge in [0.25, 0.3) is 0 Å². The maximum absolute atomic E-state index is 6.47. The van der Waals surface area contributed by atoms with Gasteiger partial charge in [-0.25, -0.2) is 0 Å². The first-order valence-corrected chi connectivity index (χ1v) is 10.8. The molecule has 3 aromatic rings. The van der Waals surface area contributed by atoms with Crippen LogP contribution in [0.3, 0.4) is 0 Å². The van der Waals surface area contributed by atoms with E-state index in [0.717, 1.165) is 44.9 Å². The SMILES string of the molecule is NC(Cc1ccc(OCc2ccccc2)cc1)CN1CCN(c2ccccc2)CC1. The quantitative estimate of drug-likeness (QED) is 0.620. The molecule has 0 bridgehead atoms. The Hall–Kier alpha value is -2.82. The van der Waals surface area contributed by atoms with E-state index in [1.54, 1.807) is 0 Å². The molecule has 1 atom stereocenters. The highest BCUT2D eigenvalue weighted by atomic mass is 16.5. The molecule has 156 valence electrons. The predicted octanol–water partition coefficient (Wildman–Crippen LogP) is 3.96. The van der Waals surface area contributed by atoms with Crippen LogP contribution in [-0.2, 0) is 13.0 Å². The van der Waals surface area contributed by atoms with Gasteiger partial charge in [0.15, 0.2) is 0 Å². The second-order valence-corrected chi connectivity index (χ2v) is 8.01. The molecule has 1 aliphatic rings. The normalized spacial score (nSPS) is 15.7. The number of hydrogen-bond donors (Lipinski definition) is 1. The molecule has 0 spiro atoms. The van der Waals surface area contributed by atoms with Crippen LogP contribution in [0.5, 0.6) is 5.75 Å². The first kappa shape index (κ1) is 20.5. The topological polar surface area (TPSA) is 41.7 Å². The third-order valence-electron chi connectivity index (χ3n) is 5.66. The number of ether oxygens (including phenoxy) is 1. The van der Waals surface area contributed by atoms with Crippen LogP contribution >= 0.6 is 0 Å². The highest BCUT2D eigenvalue weighted by Crippen LogP contribution is 2.17. The van der Waals surface area contributed by atoms with E-state index < -0.39 is 0 Å². The third-order valence-corrected chi connectivity index (χ3v) is 5.66. The highest BCUT2D eigenvalue weighted by molar-refractivity contribution is 5.46. The fourth-order valence-electron chi connectivity index (χ4n) is 3.99. The second kappa shape index (κ2) is 10.3. The van der Waals surface area contributed by atoms with Gasteiger partial charge in [0.2, 0.25) is 0 Å². The van der Waals surface area contributed by atoms with Gasteiger partial charge < -0.3 is 15.4 Å². The van der Waals surface area contributed by atoms with Crippen molar-refractivity contribution in [2.45, 2.75) is 19.1 Å². The predicted molar refractivity (Wildman–Crippen MR) is 124 cm³/mol. The van der Waals surface area contributed by atoms with Gasteiger partial charge in [-0.05, 0) is 41.8 Å². The molecule has 30 heavy (non-hydrogen) atoms. The molecule has 4 rings (SSSR count). The van der Waals surface area contributed by atoms with Crippen molar-refractivity contribution in [1.82, 2.24) is 4.90 Å². The van der Waals surface area contributed by atoms with Gasteiger partial charge in [-0.1, -0.05) is 60.7 Å².